The molecule has 0 saturated heterocycles. The Morgan fingerprint density at radius 1 is 0.467 bits per heavy atom. The van der Waals surface area contributed by atoms with Crippen molar-refractivity contribution in [3.63, 3.8) is 0 Å². The molecule has 0 saturated carbocycles. The van der Waals surface area contributed by atoms with Gasteiger partial charge in [0.1, 0.15) is 11.2 Å². The van der Waals surface area contributed by atoms with Gasteiger partial charge in [-0.25, -0.2) is 0 Å². The van der Waals surface area contributed by atoms with E-state index in [1.165, 1.54) is 0 Å². The van der Waals surface area contributed by atoms with E-state index in [0.717, 1.165) is 60.5 Å². The number of hydrogen-bond acceptors (Lipinski definition) is 1. The van der Waals surface area contributed by atoms with Crippen molar-refractivity contribution in [3.05, 3.63) is 170 Å². The van der Waals surface area contributed by atoms with E-state index in [1.807, 2.05) is 91.0 Å². The molecule has 0 amide bonds. The lowest BCUT2D eigenvalue weighted by atomic mass is 9.82. The number of hydrogen-bond donors (Lipinski definition) is 0. The lowest BCUT2D eigenvalue weighted by molar-refractivity contribution is 0.669. The highest BCUT2D eigenvalue weighted by molar-refractivity contribution is 6.20. The van der Waals surface area contributed by atoms with Crippen LogP contribution in [0, 0.1) is 0 Å². The van der Waals surface area contributed by atoms with Crippen LogP contribution in [-0.4, -0.2) is 0 Å². The van der Waals surface area contributed by atoms with Crippen LogP contribution in [0.3, 0.4) is 0 Å². The van der Waals surface area contributed by atoms with Gasteiger partial charge in [0.15, 0.2) is 0 Å². The maximum Gasteiger partial charge on any atom is 0.136 e. The first-order valence-electron chi connectivity index (χ1n) is 16.9. The minimum absolute atomic E-state index is 0.0901. The first kappa shape index (κ1) is 22.6. The molecular formula is C44H30O. The summed E-state index contributed by atoms with van der Waals surface area (Å²) in [6, 6.07) is 39.2. The Morgan fingerprint density at radius 2 is 0.978 bits per heavy atom. The topological polar surface area (TPSA) is 13.1 Å². The van der Waals surface area contributed by atoms with Crippen LogP contribution >= 0.6 is 0 Å². The highest BCUT2D eigenvalue weighted by atomic mass is 16.3. The predicted molar refractivity (Wildman–Crippen MR) is 193 cm³/mol. The first-order chi connectivity index (χ1) is 23.9. The third kappa shape index (κ3) is 4.41. The molecule has 8 aromatic rings. The van der Waals surface area contributed by atoms with Gasteiger partial charge in [0, 0.05) is 10.8 Å². The van der Waals surface area contributed by atoms with Crippen LogP contribution in [0.4, 0.5) is 0 Å². The van der Waals surface area contributed by atoms with Crippen molar-refractivity contribution in [2.75, 3.05) is 0 Å². The third-order valence-corrected chi connectivity index (χ3v) is 8.50. The van der Waals surface area contributed by atoms with Crippen molar-refractivity contribution in [2.24, 2.45) is 0 Å². The molecule has 1 heterocycles. The van der Waals surface area contributed by atoms with E-state index in [2.05, 4.69) is 43.5 Å². The van der Waals surface area contributed by atoms with E-state index in [9.17, 15) is 2.74 Å². The van der Waals surface area contributed by atoms with E-state index in [-0.39, 0.29) is 35.3 Å². The summed E-state index contributed by atoms with van der Waals surface area (Å²) in [5, 5.41) is 3.64. The highest BCUT2D eigenvalue weighted by Gasteiger charge is 2.23. The maximum atomic E-state index is 9.29. The molecule has 0 unspecified atom stereocenters. The average molecular weight is 579 g/mol. The molecule has 7 aromatic carbocycles. The fourth-order valence-corrected chi connectivity index (χ4v) is 6.50. The molecule has 0 spiro atoms. The van der Waals surface area contributed by atoms with Crippen LogP contribution in [-0.2, 0) is 0 Å². The van der Waals surface area contributed by atoms with Crippen molar-refractivity contribution in [1.29, 1.82) is 0 Å². The molecule has 1 heteroatoms. The quantitative estimate of drug-likeness (QED) is 0.191. The Morgan fingerprint density at radius 3 is 1.62 bits per heavy atom. The van der Waals surface area contributed by atoms with E-state index in [1.54, 1.807) is 12.2 Å². The summed E-state index contributed by atoms with van der Waals surface area (Å²) < 4.78 is 43.2. The Kier molecular flexibility index (Phi) is 5.51. The minimum atomic E-state index is -0.106. The van der Waals surface area contributed by atoms with Gasteiger partial charge in [-0.15, -0.1) is 0 Å². The van der Waals surface area contributed by atoms with Gasteiger partial charge in [-0.05, 0) is 84.6 Å². The molecule has 0 aliphatic rings. The lowest BCUT2D eigenvalue weighted by Crippen LogP contribution is -1.97. The van der Waals surface area contributed by atoms with Gasteiger partial charge in [0.05, 0.1) is 5.48 Å². The van der Waals surface area contributed by atoms with E-state index >= 15 is 0 Å². The maximum absolute atomic E-state index is 9.29. The number of fused-ring (bicyclic) bond motifs is 4. The van der Waals surface area contributed by atoms with E-state index in [0.29, 0.717) is 16.7 Å². The van der Waals surface area contributed by atoms with Gasteiger partial charge < -0.3 is 4.42 Å². The molecule has 0 aliphatic carbocycles. The second kappa shape index (κ2) is 11.0. The van der Waals surface area contributed by atoms with Crippen molar-refractivity contribution in [1.82, 2.24) is 0 Å². The molecule has 45 heavy (non-hydrogen) atoms. The summed E-state index contributed by atoms with van der Waals surface area (Å²) in [5.41, 5.74) is 8.69. The highest BCUT2D eigenvalue weighted by Crippen LogP contribution is 2.48. The molecule has 1 aromatic heterocycles. The van der Waals surface area contributed by atoms with Crippen molar-refractivity contribution in [3.8, 4) is 44.5 Å². The molecule has 0 fully saturated rings. The van der Waals surface area contributed by atoms with Crippen LogP contribution in [0.15, 0.2) is 163 Å². The summed E-state index contributed by atoms with van der Waals surface area (Å²) in [7, 11) is 0. The zero-order valence-corrected chi connectivity index (χ0v) is 24.5. The Hall–Kier alpha value is -5.92. The second-order valence-corrected chi connectivity index (χ2v) is 11.0. The van der Waals surface area contributed by atoms with Crippen molar-refractivity contribution < 1.29 is 9.90 Å². The van der Waals surface area contributed by atoms with E-state index < -0.39 is 0 Å². The van der Waals surface area contributed by atoms with E-state index in [4.69, 9.17) is 7.16 Å². The Labute approximate surface area is 268 Å². The molecular weight excluding hydrogens is 544 g/mol. The number of furan rings is 1. The fourth-order valence-electron chi connectivity index (χ4n) is 6.50. The number of para-hydroxylation sites is 1. The molecule has 0 N–H and O–H groups in total. The van der Waals surface area contributed by atoms with Gasteiger partial charge in [-0.2, -0.15) is 0 Å². The average Bonchev–Trinajstić information content (AvgIpc) is 3.53. The van der Waals surface area contributed by atoms with Gasteiger partial charge in [0.25, 0.3) is 0 Å². The fraction of sp³-hybridized carbons (Fsp3) is 0. The standard InChI is InChI=1S/C44H30O/c1-3-34-35(4-2)43(37-20-12-11-19-36(37)42(34)32-25-23-31(24-26-32)29-15-7-5-8-16-29)39-27-33(30-17-9-6-10-18-30)28-41-44(39)38-21-13-14-22-40(38)45-41/h3-28H,1-2H2/i23D,24D,25D,26D. The molecule has 0 radical (unpaired) electrons. The predicted octanol–water partition coefficient (Wildman–Crippen LogP) is 12.7. The van der Waals surface area contributed by atoms with Crippen LogP contribution in [0.5, 0.6) is 0 Å². The van der Waals surface area contributed by atoms with Crippen molar-refractivity contribution in [2.45, 2.75) is 0 Å². The zero-order chi connectivity index (χ0) is 33.8. The van der Waals surface area contributed by atoms with Gasteiger partial charge in [-0.1, -0.05) is 153 Å². The molecule has 0 aliphatic heterocycles. The van der Waals surface area contributed by atoms with Gasteiger partial charge in [0.2, 0.25) is 0 Å². The molecule has 0 bridgehead atoms. The normalized spacial score (nSPS) is 12.5. The third-order valence-electron chi connectivity index (χ3n) is 8.50. The second-order valence-electron chi connectivity index (χ2n) is 11.0. The SMILES string of the molecule is [2H]c1c([2H])c(-c2c(C=C)c(C=C)c(-c3cc(-c4ccccc4)cc4oc5ccccc5c34)c3ccccc23)c([2H])c([2H])c1-c1ccccc1. The largest absolute Gasteiger partial charge is 0.456 e. The van der Waals surface area contributed by atoms with Gasteiger partial charge >= 0.3 is 0 Å². The molecule has 1 nitrogen and oxygen atoms in total. The summed E-state index contributed by atoms with van der Waals surface area (Å²) >= 11 is 0. The van der Waals surface area contributed by atoms with Gasteiger partial charge in [-0.3, -0.25) is 0 Å². The molecule has 212 valence electrons. The molecule has 8 rings (SSSR count). The summed E-state index contributed by atoms with van der Waals surface area (Å²) in [6.45, 7) is 8.49. The minimum Gasteiger partial charge on any atom is -0.456 e. The summed E-state index contributed by atoms with van der Waals surface area (Å²) in [4.78, 5) is 0. The molecule has 0 atom stereocenters. The number of rotatable bonds is 6. The van der Waals surface area contributed by atoms with Crippen LogP contribution in [0.2, 0.25) is 0 Å². The monoisotopic (exact) mass is 578 g/mol. The first-order valence-corrected chi connectivity index (χ1v) is 14.9. The van der Waals surface area contributed by atoms with Crippen molar-refractivity contribution >= 4 is 44.9 Å². The van der Waals surface area contributed by atoms with Crippen LogP contribution < -0.4 is 0 Å². The summed E-state index contributed by atoms with van der Waals surface area (Å²) in [5.74, 6) is 0. The number of benzene rings is 7. The Balaban J connectivity index is 1.52. The van der Waals surface area contributed by atoms with Crippen LogP contribution in [0.25, 0.3) is 89.4 Å². The smallest absolute Gasteiger partial charge is 0.136 e. The Bertz CT molecular complexity index is 2590. The zero-order valence-electron chi connectivity index (χ0n) is 28.5. The summed E-state index contributed by atoms with van der Waals surface area (Å²) in [6.07, 6.45) is 3.55. The van der Waals surface area contributed by atoms with Crippen LogP contribution in [0.1, 0.15) is 16.6 Å². The lowest BCUT2D eigenvalue weighted by Gasteiger charge is -2.21.